The van der Waals surface area contributed by atoms with Gasteiger partial charge < -0.3 is 4.74 Å². The van der Waals surface area contributed by atoms with Crippen molar-refractivity contribution < 1.29 is 22.1 Å². The van der Waals surface area contributed by atoms with Gasteiger partial charge in [-0.3, -0.25) is 4.18 Å². The van der Waals surface area contributed by atoms with Crippen LogP contribution in [-0.4, -0.2) is 33.4 Å². The number of unbranched alkanes of at least 4 members (excludes halogenated alkanes) is 4. The molecule has 0 radical (unpaired) electrons. The second-order valence-electron chi connectivity index (χ2n) is 4.77. The van der Waals surface area contributed by atoms with E-state index in [1.807, 2.05) is 6.92 Å². The maximum absolute atomic E-state index is 11.5. The summed E-state index contributed by atoms with van der Waals surface area (Å²) in [6, 6.07) is 0. The molecule has 0 aromatic rings. The third kappa shape index (κ3) is 11.0. The zero-order valence-electron chi connectivity index (χ0n) is 12.5. The van der Waals surface area contributed by atoms with E-state index in [9.17, 15) is 13.2 Å². The van der Waals surface area contributed by atoms with E-state index in [0.717, 1.165) is 32.1 Å². The Hall–Kier alpha value is -0.880. The number of carbonyl (C=O) groups is 1. The third-order valence-electron chi connectivity index (χ3n) is 2.63. The number of ether oxygens (including phenoxy) is 1. The molecule has 0 bridgehead atoms. The molecule has 0 aliphatic heterocycles. The van der Waals surface area contributed by atoms with Crippen LogP contribution in [0.15, 0.2) is 12.2 Å². The van der Waals surface area contributed by atoms with Crippen molar-refractivity contribution in [3.05, 3.63) is 12.2 Å². The standard InChI is InChI=1S/C14H26O5S/c1-4-5-11-19-20(16,17)12-9-7-6-8-10-18-14(15)13(2)3/h2,4-12H2,1,3H3. The Kier molecular flexibility index (Phi) is 10.4. The Bertz CT molecular complexity index is 386. The fourth-order valence-electron chi connectivity index (χ4n) is 1.41. The summed E-state index contributed by atoms with van der Waals surface area (Å²) in [7, 11) is -3.37. The van der Waals surface area contributed by atoms with Crippen molar-refractivity contribution >= 4 is 16.1 Å². The van der Waals surface area contributed by atoms with Crippen LogP contribution in [0, 0.1) is 0 Å². The van der Waals surface area contributed by atoms with Crippen LogP contribution in [-0.2, 0) is 23.8 Å². The Labute approximate surface area is 122 Å². The second-order valence-corrected chi connectivity index (χ2v) is 6.53. The highest BCUT2D eigenvalue weighted by molar-refractivity contribution is 7.86. The maximum Gasteiger partial charge on any atom is 0.333 e. The van der Waals surface area contributed by atoms with E-state index in [0.29, 0.717) is 18.6 Å². The van der Waals surface area contributed by atoms with E-state index >= 15 is 0 Å². The van der Waals surface area contributed by atoms with Crippen LogP contribution in [0.4, 0.5) is 0 Å². The van der Waals surface area contributed by atoms with Gasteiger partial charge in [0.25, 0.3) is 10.1 Å². The number of esters is 1. The maximum atomic E-state index is 11.5. The average Bonchev–Trinajstić information content (AvgIpc) is 2.37. The summed E-state index contributed by atoms with van der Waals surface area (Å²) in [6.45, 7) is 7.70. The van der Waals surface area contributed by atoms with Gasteiger partial charge in [0.1, 0.15) is 0 Å². The highest BCUT2D eigenvalue weighted by Crippen LogP contribution is 2.06. The van der Waals surface area contributed by atoms with Gasteiger partial charge in [0.15, 0.2) is 0 Å². The molecule has 0 aromatic carbocycles. The monoisotopic (exact) mass is 306 g/mol. The van der Waals surface area contributed by atoms with Crippen LogP contribution in [0.5, 0.6) is 0 Å². The van der Waals surface area contributed by atoms with Crippen molar-refractivity contribution in [2.45, 2.75) is 52.4 Å². The zero-order chi connectivity index (χ0) is 15.4. The van der Waals surface area contributed by atoms with Crippen LogP contribution < -0.4 is 0 Å². The largest absolute Gasteiger partial charge is 0.462 e. The molecule has 0 unspecified atom stereocenters. The first-order valence-corrected chi connectivity index (χ1v) is 8.66. The van der Waals surface area contributed by atoms with E-state index in [-0.39, 0.29) is 18.3 Å². The molecule has 0 aliphatic rings. The van der Waals surface area contributed by atoms with Crippen molar-refractivity contribution in [2.75, 3.05) is 19.0 Å². The summed E-state index contributed by atoms with van der Waals surface area (Å²) in [5.74, 6) is -0.320. The van der Waals surface area contributed by atoms with Crippen LogP contribution in [0.3, 0.4) is 0 Å². The lowest BCUT2D eigenvalue weighted by atomic mass is 10.2. The molecule has 0 rings (SSSR count). The summed E-state index contributed by atoms with van der Waals surface area (Å²) in [5.41, 5.74) is 0.389. The SMILES string of the molecule is C=C(C)C(=O)OCCCCCCS(=O)(=O)OCCCC. The molecule has 0 saturated heterocycles. The van der Waals surface area contributed by atoms with Crippen molar-refractivity contribution in [1.29, 1.82) is 0 Å². The molecule has 0 saturated carbocycles. The van der Waals surface area contributed by atoms with Gasteiger partial charge in [0.2, 0.25) is 0 Å². The Morgan fingerprint density at radius 1 is 1.05 bits per heavy atom. The molecule has 6 heteroatoms. The van der Waals surface area contributed by atoms with Gasteiger partial charge in [0, 0.05) is 5.57 Å². The first-order chi connectivity index (χ1) is 9.39. The van der Waals surface area contributed by atoms with Crippen molar-refractivity contribution in [3.8, 4) is 0 Å². The molecular weight excluding hydrogens is 280 g/mol. The number of hydrogen-bond donors (Lipinski definition) is 0. The highest BCUT2D eigenvalue weighted by atomic mass is 32.2. The molecule has 0 amide bonds. The zero-order valence-corrected chi connectivity index (χ0v) is 13.3. The van der Waals surface area contributed by atoms with E-state index in [1.165, 1.54) is 0 Å². The normalized spacial score (nSPS) is 11.3. The molecule has 0 aromatic heterocycles. The summed E-state index contributed by atoms with van der Waals surface area (Å²) in [4.78, 5) is 11.1. The quantitative estimate of drug-likeness (QED) is 0.240. The smallest absolute Gasteiger partial charge is 0.333 e. The van der Waals surface area contributed by atoms with Crippen molar-refractivity contribution in [3.63, 3.8) is 0 Å². The van der Waals surface area contributed by atoms with E-state index in [4.69, 9.17) is 8.92 Å². The Balaban J connectivity index is 3.52. The predicted octanol–water partition coefficient (Wildman–Crippen LogP) is 2.81. The second kappa shape index (κ2) is 10.9. The van der Waals surface area contributed by atoms with Crippen molar-refractivity contribution in [2.24, 2.45) is 0 Å². The van der Waals surface area contributed by atoms with Gasteiger partial charge in [-0.25, -0.2) is 4.79 Å². The van der Waals surface area contributed by atoms with Gasteiger partial charge in [-0.2, -0.15) is 8.42 Å². The topological polar surface area (TPSA) is 69.7 Å². The molecule has 0 fully saturated rings. The minimum Gasteiger partial charge on any atom is -0.462 e. The van der Waals surface area contributed by atoms with Crippen LogP contribution in [0.25, 0.3) is 0 Å². The van der Waals surface area contributed by atoms with Gasteiger partial charge in [-0.05, 0) is 26.2 Å². The molecular formula is C14H26O5S. The van der Waals surface area contributed by atoms with Crippen LogP contribution >= 0.6 is 0 Å². The highest BCUT2D eigenvalue weighted by Gasteiger charge is 2.10. The van der Waals surface area contributed by atoms with Crippen LogP contribution in [0.2, 0.25) is 0 Å². The predicted molar refractivity (Wildman–Crippen MR) is 78.9 cm³/mol. The minimum atomic E-state index is -3.37. The van der Waals surface area contributed by atoms with E-state index in [2.05, 4.69) is 6.58 Å². The van der Waals surface area contributed by atoms with Gasteiger partial charge >= 0.3 is 5.97 Å². The van der Waals surface area contributed by atoms with E-state index < -0.39 is 10.1 Å². The molecule has 0 heterocycles. The number of rotatable bonds is 12. The van der Waals surface area contributed by atoms with Gasteiger partial charge in [-0.1, -0.05) is 32.8 Å². The first-order valence-electron chi connectivity index (χ1n) is 7.08. The molecule has 118 valence electrons. The number of carbonyl (C=O) groups excluding carboxylic acids is 1. The Morgan fingerprint density at radius 2 is 1.70 bits per heavy atom. The fraction of sp³-hybridized carbons (Fsp3) is 0.786. The lowest BCUT2D eigenvalue weighted by Crippen LogP contribution is -2.11. The lowest BCUT2D eigenvalue weighted by molar-refractivity contribution is -0.139. The van der Waals surface area contributed by atoms with E-state index in [1.54, 1.807) is 6.92 Å². The lowest BCUT2D eigenvalue weighted by Gasteiger charge is -2.06. The molecule has 5 nitrogen and oxygen atoms in total. The average molecular weight is 306 g/mol. The van der Waals surface area contributed by atoms with Gasteiger partial charge in [-0.15, -0.1) is 0 Å². The first kappa shape index (κ1) is 19.1. The van der Waals surface area contributed by atoms with Crippen molar-refractivity contribution in [1.82, 2.24) is 0 Å². The molecule has 0 atom stereocenters. The summed E-state index contributed by atoms with van der Waals surface area (Å²) in [6.07, 6.45) is 4.58. The molecule has 20 heavy (non-hydrogen) atoms. The fourth-order valence-corrected chi connectivity index (χ4v) is 2.46. The number of hydrogen-bond acceptors (Lipinski definition) is 5. The minimum absolute atomic E-state index is 0.0578. The van der Waals surface area contributed by atoms with Crippen LogP contribution in [0.1, 0.15) is 52.4 Å². The molecule has 0 spiro atoms. The molecule has 0 N–H and O–H groups in total. The molecule has 0 aliphatic carbocycles. The third-order valence-corrected chi connectivity index (χ3v) is 3.95. The van der Waals surface area contributed by atoms with Gasteiger partial charge in [0.05, 0.1) is 19.0 Å². The summed E-state index contributed by atoms with van der Waals surface area (Å²) >= 11 is 0. The summed E-state index contributed by atoms with van der Waals surface area (Å²) in [5, 5.41) is 0. The Morgan fingerprint density at radius 3 is 2.30 bits per heavy atom. The summed E-state index contributed by atoms with van der Waals surface area (Å²) < 4.78 is 32.7.